The second-order valence-electron chi connectivity index (χ2n) is 6.17. The van der Waals surface area contributed by atoms with Crippen molar-refractivity contribution in [2.45, 2.75) is 52.5 Å². The molecule has 0 spiro atoms. The summed E-state index contributed by atoms with van der Waals surface area (Å²) in [5.41, 5.74) is 3.39. The molecule has 1 aromatic carbocycles. The molecule has 0 radical (unpaired) electrons. The van der Waals surface area contributed by atoms with Crippen LogP contribution in [0, 0.1) is 6.92 Å². The van der Waals surface area contributed by atoms with Gasteiger partial charge in [0.25, 0.3) is 0 Å². The second-order valence-corrected chi connectivity index (χ2v) is 7.02. The molecule has 1 heterocycles. The Labute approximate surface area is 117 Å². The predicted octanol–water partition coefficient (Wildman–Crippen LogP) is 4.40. The molecule has 0 aromatic heterocycles. The van der Waals surface area contributed by atoms with Crippen LogP contribution in [-0.4, -0.2) is 11.4 Å². The molecule has 2 rings (SSSR count). The smallest absolute Gasteiger partial charge is 0.228 e. The average molecular weight is 310 g/mol. The average Bonchev–Trinajstić information content (AvgIpc) is 2.19. The Bertz CT molecular complexity index is 502. The van der Waals surface area contributed by atoms with Crippen molar-refractivity contribution in [2.24, 2.45) is 0 Å². The number of hydrogen-bond donors (Lipinski definition) is 0. The molecule has 1 unspecified atom stereocenters. The maximum atomic E-state index is 12.3. The molecule has 3 heteroatoms. The SMILES string of the molecule is Cc1cc2c(cc1Br)N(C(C)(C)C)C(=O)CC2C. The van der Waals surface area contributed by atoms with E-state index in [-0.39, 0.29) is 11.4 Å². The van der Waals surface area contributed by atoms with Crippen LogP contribution in [0.5, 0.6) is 0 Å². The second kappa shape index (κ2) is 4.37. The zero-order chi connectivity index (χ0) is 13.7. The van der Waals surface area contributed by atoms with Crippen molar-refractivity contribution in [3.05, 3.63) is 27.7 Å². The Balaban J connectivity index is 2.65. The molecule has 0 fully saturated rings. The standard InChI is InChI=1S/C15H20BrNO/c1-9-7-14(18)17(15(3,4)5)13-8-12(16)10(2)6-11(9)13/h6,8-9H,7H2,1-5H3. The molecule has 98 valence electrons. The van der Waals surface area contributed by atoms with Crippen LogP contribution >= 0.6 is 15.9 Å². The fourth-order valence-corrected chi connectivity index (χ4v) is 2.95. The minimum atomic E-state index is -0.180. The van der Waals surface area contributed by atoms with Gasteiger partial charge in [0.05, 0.1) is 0 Å². The first-order valence-electron chi connectivity index (χ1n) is 6.35. The van der Waals surface area contributed by atoms with Gasteiger partial charge in [-0.2, -0.15) is 0 Å². The van der Waals surface area contributed by atoms with E-state index in [0.717, 1.165) is 10.2 Å². The number of rotatable bonds is 0. The molecule has 2 nitrogen and oxygen atoms in total. The number of hydrogen-bond acceptors (Lipinski definition) is 1. The number of fused-ring (bicyclic) bond motifs is 1. The normalized spacial score (nSPS) is 20.0. The van der Waals surface area contributed by atoms with Crippen LogP contribution in [-0.2, 0) is 4.79 Å². The van der Waals surface area contributed by atoms with Gasteiger partial charge in [-0.25, -0.2) is 0 Å². The van der Waals surface area contributed by atoms with E-state index in [1.807, 2.05) is 4.90 Å². The minimum absolute atomic E-state index is 0.180. The Kier molecular flexibility index (Phi) is 3.30. The van der Waals surface area contributed by atoms with E-state index < -0.39 is 0 Å². The fraction of sp³-hybridized carbons (Fsp3) is 0.533. The van der Waals surface area contributed by atoms with Crippen LogP contribution in [0.15, 0.2) is 16.6 Å². The lowest BCUT2D eigenvalue weighted by Gasteiger charge is -2.41. The van der Waals surface area contributed by atoms with Gasteiger partial charge in [-0.15, -0.1) is 0 Å². The van der Waals surface area contributed by atoms with E-state index in [2.05, 4.69) is 62.7 Å². The third-order valence-corrected chi connectivity index (χ3v) is 4.34. The van der Waals surface area contributed by atoms with E-state index in [4.69, 9.17) is 0 Å². The largest absolute Gasteiger partial charge is 0.307 e. The fourth-order valence-electron chi connectivity index (χ4n) is 2.61. The Hall–Kier alpha value is -0.830. The summed E-state index contributed by atoms with van der Waals surface area (Å²) in [7, 11) is 0. The van der Waals surface area contributed by atoms with Gasteiger partial charge in [0.1, 0.15) is 0 Å². The highest BCUT2D eigenvalue weighted by Crippen LogP contribution is 2.41. The van der Waals surface area contributed by atoms with Crippen LogP contribution < -0.4 is 4.90 Å². The number of anilines is 1. The number of benzene rings is 1. The van der Waals surface area contributed by atoms with Crippen molar-refractivity contribution in [3.8, 4) is 0 Å². The molecule has 1 aromatic rings. The summed E-state index contributed by atoms with van der Waals surface area (Å²) in [6, 6.07) is 4.29. The van der Waals surface area contributed by atoms with Crippen LogP contribution in [0.1, 0.15) is 51.2 Å². The summed E-state index contributed by atoms with van der Waals surface area (Å²) >= 11 is 3.57. The van der Waals surface area contributed by atoms with Crippen LogP contribution in [0.3, 0.4) is 0 Å². The highest BCUT2D eigenvalue weighted by atomic mass is 79.9. The first-order chi connectivity index (χ1) is 8.21. The minimum Gasteiger partial charge on any atom is -0.307 e. The zero-order valence-electron chi connectivity index (χ0n) is 11.7. The van der Waals surface area contributed by atoms with Gasteiger partial charge >= 0.3 is 0 Å². The highest BCUT2D eigenvalue weighted by molar-refractivity contribution is 9.10. The third-order valence-electron chi connectivity index (χ3n) is 3.48. The first-order valence-corrected chi connectivity index (χ1v) is 7.14. The van der Waals surface area contributed by atoms with E-state index in [9.17, 15) is 4.79 Å². The molecule has 1 aliphatic heterocycles. The molecule has 0 saturated heterocycles. The first kappa shape index (κ1) is 13.6. The molecule has 18 heavy (non-hydrogen) atoms. The number of carbonyl (C=O) groups excluding carboxylic acids is 1. The van der Waals surface area contributed by atoms with Crippen LogP contribution in [0.4, 0.5) is 5.69 Å². The molecule has 1 atom stereocenters. The van der Waals surface area contributed by atoms with Gasteiger partial charge in [-0.05, 0) is 50.8 Å². The summed E-state index contributed by atoms with van der Waals surface area (Å²) in [5.74, 6) is 0.524. The van der Waals surface area contributed by atoms with Crippen LogP contribution in [0.2, 0.25) is 0 Å². The van der Waals surface area contributed by atoms with Crippen LogP contribution in [0.25, 0.3) is 0 Å². The maximum absolute atomic E-state index is 12.3. The molecule has 1 aliphatic rings. The van der Waals surface area contributed by atoms with Gasteiger partial charge in [0.15, 0.2) is 0 Å². The van der Waals surface area contributed by atoms with Crippen molar-refractivity contribution in [1.29, 1.82) is 0 Å². The van der Waals surface area contributed by atoms with E-state index in [1.165, 1.54) is 11.1 Å². The number of amides is 1. The van der Waals surface area contributed by atoms with Gasteiger partial charge in [0.2, 0.25) is 5.91 Å². The molecular formula is C15H20BrNO. The molecule has 0 saturated carbocycles. The molecule has 0 bridgehead atoms. The van der Waals surface area contributed by atoms with Crippen molar-refractivity contribution >= 4 is 27.5 Å². The lowest BCUT2D eigenvalue weighted by Crippen LogP contribution is -2.48. The van der Waals surface area contributed by atoms with Gasteiger partial charge in [-0.1, -0.05) is 28.9 Å². The van der Waals surface area contributed by atoms with Crippen molar-refractivity contribution < 1.29 is 4.79 Å². The quantitative estimate of drug-likeness (QED) is 0.695. The molecule has 1 amide bonds. The van der Waals surface area contributed by atoms with E-state index >= 15 is 0 Å². The number of halogens is 1. The number of carbonyl (C=O) groups is 1. The monoisotopic (exact) mass is 309 g/mol. The number of nitrogens with zero attached hydrogens (tertiary/aromatic N) is 1. The summed E-state index contributed by atoms with van der Waals surface area (Å²) in [4.78, 5) is 14.3. The lowest BCUT2D eigenvalue weighted by molar-refractivity contribution is -0.120. The Morgan fingerprint density at radius 1 is 1.33 bits per heavy atom. The third kappa shape index (κ3) is 2.20. The summed E-state index contributed by atoms with van der Waals surface area (Å²) in [6.45, 7) is 10.5. The lowest BCUT2D eigenvalue weighted by atomic mass is 9.87. The number of aryl methyl sites for hydroxylation is 1. The summed E-state index contributed by atoms with van der Waals surface area (Å²) < 4.78 is 1.07. The van der Waals surface area contributed by atoms with Gasteiger partial charge in [-0.3, -0.25) is 4.79 Å². The highest BCUT2D eigenvalue weighted by Gasteiger charge is 2.35. The summed E-state index contributed by atoms with van der Waals surface area (Å²) in [5, 5.41) is 0. The molecule has 0 N–H and O–H groups in total. The van der Waals surface area contributed by atoms with Gasteiger partial charge in [0, 0.05) is 22.1 Å². The molecular weight excluding hydrogens is 290 g/mol. The van der Waals surface area contributed by atoms with E-state index in [0.29, 0.717) is 12.3 Å². The van der Waals surface area contributed by atoms with Crippen molar-refractivity contribution in [2.75, 3.05) is 4.90 Å². The van der Waals surface area contributed by atoms with Gasteiger partial charge < -0.3 is 4.90 Å². The topological polar surface area (TPSA) is 20.3 Å². The molecule has 0 aliphatic carbocycles. The summed E-state index contributed by atoms with van der Waals surface area (Å²) in [6.07, 6.45) is 0.603. The maximum Gasteiger partial charge on any atom is 0.228 e. The van der Waals surface area contributed by atoms with E-state index in [1.54, 1.807) is 0 Å². The van der Waals surface area contributed by atoms with Crippen molar-refractivity contribution in [1.82, 2.24) is 0 Å². The predicted molar refractivity (Wildman–Crippen MR) is 79.2 cm³/mol. The van der Waals surface area contributed by atoms with Crippen molar-refractivity contribution in [3.63, 3.8) is 0 Å². The Morgan fingerprint density at radius 3 is 2.50 bits per heavy atom. The zero-order valence-corrected chi connectivity index (χ0v) is 13.3. The Morgan fingerprint density at radius 2 is 1.94 bits per heavy atom.